The maximum absolute atomic E-state index is 12.9. The van der Waals surface area contributed by atoms with Crippen LogP contribution < -0.4 is 24.2 Å². The summed E-state index contributed by atoms with van der Waals surface area (Å²) in [5, 5.41) is 2.73. The lowest BCUT2D eigenvalue weighted by atomic mass is 10.2. The first-order chi connectivity index (χ1) is 15.4. The lowest BCUT2D eigenvalue weighted by molar-refractivity contribution is 0.102. The fourth-order valence-corrected chi connectivity index (χ4v) is 4.21. The van der Waals surface area contributed by atoms with Crippen LogP contribution in [0, 0.1) is 0 Å². The van der Waals surface area contributed by atoms with Crippen LogP contribution >= 0.6 is 0 Å². The monoisotopic (exact) mass is 456 g/mol. The van der Waals surface area contributed by atoms with E-state index in [0.717, 1.165) is 5.56 Å². The molecule has 2 N–H and O–H groups in total. The molecular formula is C23H24N2O6S. The van der Waals surface area contributed by atoms with Gasteiger partial charge in [0.05, 0.1) is 21.3 Å². The van der Waals surface area contributed by atoms with Crippen LogP contribution in [0.2, 0.25) is 0 Å². The zero-order valence-electron chi connectivity index (χ0n) is 17.9. The number of sulfonamides is 1. The molecule has 1 amide bonds. The van der Waals surface area contributed by atoms with Gasteiger partial charge in [0.15, 0.2) is 11.5 Å². The molecule has 8 nitrogen and oxygen atoms in total. The maximum atomic E-state index is 12.9. The van der Waals surface area contributed by atoms with Gasteiger partial charge in [-0.1, -0.05) is 30.3 Å². The van der Waals surface area contributed by atoms with Crippen LogP contribution in [0.1, 0.15) is 15.9 Å². The van der Waals surface area contributed by atoms with E-state index in [1.165, 1.54) is 39.5 Å². The Kier molecular flexibility index (Phi) is 7.34. The van der Waals surface area contributed by atoms with E-state index in [1.807, 2.05) is 30.3 Å². The smallest absolute Gasteiger partial charge is 0.255 e. The highest BCUT2D eigenvalue weighted by Crippen LogP contribution is 2.30. The average molecular weight is 457 g/mol. The second kappa shape index (κ2) is 10.2. The van der Waals surface area contributed by atoms with Crippen molar-refractivity contribution in [3.05, 3.63) is 77.9 Å². The van der Waals surface area contributed by atoms with Crippen LogP contribution in [0.5, 0.6) is 17.2 Å². The molecule has 0 aliphatic carbocycles. The van der Waals surface area contributed by atoms with E-state index >= 15 is 0 Å². The minimum Gasteiger partial charge on any atom is -0.495 e. The number of rotatable bonds is 9. The Labute approximate surface area is 187 Å². The number of methoxy groups -OCH3 is 3. The molecule has 0 radical (unpaired) electrons. The first kappa shape index (κ1) is 23.1. The molecule has 3 rings (SSSR count). The minimum atomic E-state index is -3.94. The highest BCUT2D eigenvalue weighted by molar-refractivity contribution is 7.89. The van der Waals surface area contributed by atoms with Crippen molar-refractivity contribution in [3.63, 3.8) is 0 Å². The topological polar surface area (TPSA) is 103 Å². The summed E-state index contributed by atoms with van der Waals surface area (Å²) in [6, 6.07) is 18.3. The van der Waals surface area contributed by atoms with Crippen molar-refractivity contribution in [2.75, 3.05) is 26.6 Å². The molecular weight excluding hydrogens is 432 g/mol. The molecule has 32 heavy (non-hydrogen) atoms. The average Bonchev–Trinajstić information content (AvgIpc) is 2.82. The first-order valence-corrected chi connectivity index (χ1v) is 11.1. The number of anilines is 1. The van der Waals surface area contributed by atoms with Gasteiger partial charge in [0.25, 0.3) is 5.91 Å². The summed E-state index contributed by atoms with van der Waals surface area (Å²) < 4.78 is 44.0. The molecule has 168 valence electrons. The molecule has 0 saturated carbocycles. The molecule has 0 aliphatic heterocycles. The lowest BCUT2D eigenvalue weighted by Crippen LogP contribution is -2.24. The number of benzene rings is 3. The third kappa shape index (κ3) is 5.37. The second-order valence-electron chi connectivity index (χ2n) is 6.70. The van der Waals surface area contributed by atoms with Gasteiger partial charge in [0.1, 0.15) is 10.6 Å². The van der Waals surface area contributed by atoms with Gasteiger partial charge < -0.3 is 19.5 Å². The van der Waals surface area contributed by atoms with Crippen LogP contribution in [-0.2, 0) is 16.6 Å². The molecule has 0 aromatic heterocycles. The van der Waals surface area contributed by atoms with E-state index in [1.54, 1.807) is 18.2 Å². The Balaban J connectivity index is 1.84. The predicted octanol–water partition coefficient (Wildman–Crippen LogP) is 3.44. The predicted molar refractivity (Wildman–Crippen MR) is 121 cm³/mol. The van der Waals surface area contributed by atoms with Crippen LogP contribution in [0.3, 0.4) is 0 Å². The fourth-order valence-electron chi connectivity index (χ4n) is 3.00. The van der Waals surface area contributed by atoms with Crippen LogP contribution in [-0.4, -0.2) is 35.7 Å². The molecule has 0 bridgehead atoms. The van der Waals surface area contributed by atoms with Crippen LogP contribution in [0.4, 0.5) is 5.69 Å². The molecule has 0 unspecified atom stereocenters. The summed E-state index contributed by atoms with van der Waals surface area (Å²) in [5.74, 6) is 0.619. The molecule has 0 spiro atoms. The molecule has 0 atom stereocenters. The van der Waals surface area contributed by atoms with Gasteiger partial charge in [-0.05, 0) is 35.9 Å². The molecule has 0 saturated heterocycles. The Hall–Kier alpha value is -3.56. The van der Waals surface area contributed by atoms with E-state index in [0.29, 0.717) is 17.2 Å². The standard InChI is InChI=1S/C23H24N2O6S/c1-29-19-12-10-18(14-21(19)31-3)25-23(26)17-9-11-20(30-2)22(13-17)32(27,28)24-15-16-7-5-4-6-8-16/h4-14,24H,15H2,1-3H3,(H,25,26). The summed E-state index contributed by atoms with van der Waals surface area (Å²) in [4.78, 5) is 12.7. The van der Waals surface area contributed by atoms with E-state index in [9.17, 15) is 13.2 Å². The Morgan fingerprint density at radius 2 is 1.47 bits per heavy atom. The summed E-state index contributed by atoms with van der Waals surface area (Å²) in [7, 11) is 0.436. The maximum Gasteiger partial charge on any atom is 0.255 e. The number of carbonyl (C=O) groups is 1. The number of hydrogen-bond donors (Lipinski definition) is 2. The third-order valence-electron chi connectivity index (χ3n) is 4.67. The lowest BCUT2D eigenvalue weighted by Gasteiger charge is -2.13. The van der Waals surface area contributed by atoms with Crippen molar-refractivity contribution in [3.8, 4) is 17.2 Å². The normalized spacial score (nSPS) is 11.0. The summed E-state index contributed by atoms with van der Waals surface area (Å²) in [6.45, 7) is 0.106. The zero-order valence-corrected chi connectivity index (χ0v) is 18.7. The Bertz CT molecular complexity index is 1200. The third-order valence-corrected chi connectivity index (χ3v) is 6.09. The number of amides is 1. The summed E-state index contributed by atoms with van der Waals surface area (Å²) in [5.41, 5.74) is 1.42. The van der Waals surface area contributed by atoms with Gasteiger partial charge in [-0.15, -0.1) is 0 Å². The molecule has 3 aromatic carbocycles. The van der Waals surface area contributed by atoms with Crippen LogP contribution in [0.25, 0.3) is 0 Å². The van der Waals surface area contributed by atoms with Crippen molar-refractivity contribution in [2.24, 2.45) is 0 Å². The van der Waals surface area contributed by atoms with Crippen molar-refractivity contribution < 1.29 is 27.4 Å². The number of nitrogens with one attached hydrogen (secondary N) is 2. The van der Waals surface area contributed by atoms with E-state index in [4.69, 9.17) is 14.2 Å². The van der Waals surface area contributed by atoms with Crippen molar-refractivity contribution in [2.45, 2.75) is 11.4 Å². The molecule has 0 heterocycles. The minimum absolute atomic E-state index is 0.106. The van der Waals surface area contributed by atoms with Gasteiger partial charge >= 0.3 is 0 Å². The molecule has 0 fully saturated rings. The van der Waals surface area contributed by atoms with Crippen molar-refractivity contribution in [1.29, 1.82) is 0 Å². The molecule has 0 aliphatic rings. The number of hydrogen-bond acceptors (Lipinski definition) is 6. The first-order valence-electron chi connectivity index (χ1n) is 9.63. The number of ether oxygens (including phenoxy) is 3. The second-order valence-corrected chi connectivity index (χ2v) is 8.44. The van der Waals surface area contributed by atoms with Gasteiger partial charge in [0.2, 0.25) is 10.0 Å². The van der Waals surface area contributed by atoms with Crippen molar-refractivity contribution in [1.82, 2.24) is 4.72 Å². The molecule has 9 heteroatoms. The fraction of sp³-hybridized carbons (Fsp3) is 0.174. The highest BCUT2D eigenvalue weighted by atomic mass is 32.2. The van der Waals surface area contributed by atoms with Gasteiger partial charge in [-0.25, -0.2) is 13.1 Å². The van der Waals surface area contributed by atoms with E-state index in [2.05, 4.69) is 10.0 Å². The summed E-state index contributed by atoms with van der Waals surface area (Å²) >= 11 is 0. The van der Waals surface area contributed by atoms with E-state index in [-0.39, 0.29) is 22.8 Å². The molecule has 3 aromatic rings. The van der Waals surface area contributed by atoms with Crippen LogP contribution in [0.15, 0.2) is 71.6 Å². The Morgan fingerprint density at radius 3 is 2.12 bits per heavy atom. The zero-order chi connectivity index (χ0) is 23.1. The van der Waals surface area contributed by atoms with Gasteiger partial charge in [-0.3, -0.25) is 4.79 Å². The van der Waals surface area contributed by atoms with Crippen molar-refractivity contribution >= 4 is 21.6 Å². The largest absolute Gasteiger partial charge is 0.495 e. The highest BCUT2D eigenvalue weighted by Gasteiger charge is 2.22. The van der Waals surface area contributed by atoms with E-state index < -0.39 is 15.9 Å². The number of carbonyl (C=O) groups excluding carboxylic acids is 1. The summed E-state index contributed by atoms with van der Waals surface area (Å²) in [6.07, 6.45) is 0. The Morgan fingerprint density at radius 1 is 0.812 bits per heavy atom. The van der Waals surface area contributed by atoms with Gasteiger partial charge in [0, 0.05) is 23.9 Å². The SMILES string of the molecule is COc1ccc(NC(=O)c2ccc(OC)c(S(=O)(=O)NCc3ccccc3)c2)cc1OC. The van der Waals surface area contributed by atoms with Gasteiger partial charge in [-0.2, -0.15) is 0 Å². The quantitative estimate of drug-likeness (QED) is 0.511.